The third-order valence-corrected chi connectivity index (χ3v) is 5.27. The Kier molecular flexibility index (Phi) is 4.91. The second-order valence-electron chi connectivity index (χ2n) is 6.91. The van der Waals surface area contributed by atoms with E-state index in [9.17, 15) is 9.59 Å². The van der Waals surface area contributed by atoms with Crippen molar-refractivity contribution in [2.45, 2.75) is 20.5 Å². The number of benzene rings is 1. The smallest absolute Gasteiger partial charge is 0.298 e. The van der Waals surface area contributed by atoms with E-state index < -0.39 is 0 Å². The van der Waals surface area contributed by atoms with E-state index in [1.165, 1.54) is 4.68 Å². The van der Waals surface area contributed by atoms with Crippen molar-refractivity contribution in [2.24, 2.45) is 0 Å². The van der Waals surface area contributed by atoms with E-state index in [0.29, 0.717) is 65.8 Å². The first-order valence-corrected chi connectivity index (χ1v) is 9.43. The Morgan fingerprint density at radius 1 is 1.14 bits per heavy atom. The number of hydrogen-bond donors (Lipinski definition) is 0. The number of aromatic nitrogens is 3. The molecule has 9 heteroatoms. The average Bonchev–Trinajstić information content (AvgIpc) is 3.09. The maximum Gasteiger partial charge on any atom is 0.298 e. The fourth-order valence-corrected chi connectivity index (χ4v) is 3.62. The van der Waals surface area contributed by atoms with Crippen molar-refractivity contribution in [3.05, 3.63) is 56.7 Å². The molecule has 146 valence electrons. The third kappa shape index (κ3) is 3.41. The molecule has 0 atom stereocenters. The molecule has 0 bridgehead atoms. The highest BCUT2D eigenvalue weighted by Gasteiger charge is 2.23. The van der Waals surface area contributed by atoms with Crippen LogP contribution in [-0.4, -0.2) is 56.8 Å². The Hall–Kier alpha value is -2.71. The molecule has 1 amide bonds. The Bertz CT molecular complexity index is 1080. The number of fused-ring (bicyclic) bond motifs is 1. The van der Waals surface area contributed by atoms with Crippen molar-refractivity contribution in [3.63, 3.8) is 0 Å². The molecular weight excluding hydrogens is 382 g/mol. The zero-order chi connectivity index (χ0) is 19.8. The lowest BCUT2D eigenvalue weighted by Gasteiger charge is -2.34. The number of nitrogens with zero attached hydrogens (tertiary/aromatic N) is 5. The molecule has 0 radical (unpaired) electrons. The lowest BCUT2D eigenvalue weighted by molar-refractivity contribution is 0.0583. The summed E-state index contributed by atoms with van der Waals surface area (Å²) >= 11 is 5.88. The fourth-order valence-electron chi connectivity index (χ4n) is 3.50. The maximum atomic E-state index is 12.6. The van der Waals surface area contributed by atoms with E-state index in [0.717, 1.165) is 0 Å². The van der Waals surface area contributed by atoms with Crippen molar-refractivity contribution in [2.75, 3.05) is 26.2 Å². The zero-order valence-corrected chi connectivity index (χ0v) is 16.4. The minimum absolute atomic E-state index is 0.0121. The molecule has 0 spiro atoms. The zero-order valence-electron chi connectivity index (χ0n) is 15.7. The molecule has 1 fully saturated rings. The summed E-state index contributed by atoms with van der Waals surface area (Å²) in [5.74, 6) is 0.584. The number of rotatable bonds is 3. The quantitative estimate of drug-likeness (QED) is 0.668. The van der Waals surface area contributed by atoms with Gasteiger partial charge in [-0.2, -0.15) is 5.10 Å². The van der Waals surface area contributed by atoms with E-state index in [1.54, 1.807) is 31.2 Å². The van der Waals surface area contributed by atoms with E-state index in [4.69, 9.17) is 16.1 Å². The summed E-state index contributed by atoms with van der Waals surface area (Å²) in [5.41, 5.74) is 1.38. The molecule has 0 N–H and O–H groups in total. The Balaban J connectivity index is 1.44. The van der Waals surface area contributed by atoms with Gasteiger partial charge in [-0.15, -0.1) is 0 Å². The molecule has 8 nitrogen and oxygen atoms in total. The normalized spacial score (nSPS) is 15.3. The second kappa shape index (κ2) is 7.37. The second-order valence-corrected chi connectivity index (χ2v) is 7.35. The summed E-state index contributed by atoms with van der Waals surface area (Å²) in [6, 6.07) is 6.90. The van der Waals surface area contributed by atoms with Crippen LogP contribution in [0.25, 0.3) is 10.9 Å². The van der Waals surface area contributed by atoms with Crippen molar-refractivity contribution in [3.8, 4) is 0 Å². The molecule has 0 unspecified atom stereocenters. The van der Waals surface area contributed by atoms with Crippen LogP contribution < -0.4 is 5.56 Å². The highest BCUT2D eigenvalue weighted by atomic mass is 35.5. The van der Waals surface area contributed by atoms with Gasteiger partial charge >= 0.3 is 0 Å². The average molecular weight is 402 g/mol. The maximum absolute atomic E-state index is 12.6. The number of hydrogen-bond acceptors (Lipinski definition) is 6. The van der Waals surface area contributed by atoms with Gasteiger partial charge in [-0.3, -0.25) is 14.5 Å². The summed E-state index contributed by atoms with van der Waals surface area (Å²) in [7, 11) is 0. The van der Waals surface area contributed by atoms with Gasteiger partial charge in [-0.1, -0.05) is 16.8 Å². The number of carbonyl (C=O) groups is 1. The summed E-state index contributed by atoms with van der Waals surface area (Å²) in [5, 5.41) is 9.57. The van der Waals surface area contributed by atoms with E-state index in [1.807, 2.05) is 11.8 Å². The third-order valence-electron chi connectivity index (χ3n) is 5.02. The summed E-state index contributed by atoms with van der Waals surface area (Å²) < 4.78 is 6.56. The van der Waals surface area contributed by atoms with Crippen LogP contribution in [0.1, 0.15) is 21.8 Å². The van der Waals surface area contributed by atoms with Crippen LogP contribution in [0.3, 0.4) is 0 Å². The predicted molar refractivity (Wildman–Crippen MR) is 104 cm³/mol. The van der Waals surface area contributed by atoms with Gasteiger partial charge in [0.05, 0.1) is 17.7 Å². The van der Waals surface area contributed by atoms with Gasteiger partial charge in [0.25, 0.3) is 11.5 Å². The topological polar surface area (TPSA) is 84.5 Å². The number of carbonyl (C=O) groups excluding carboxylic acids is 1. The molecule has 2 aromatic heterocycles. The van der Waals surface area contributed by atoms with Crippen LogP contribution in [0.15, 0.2) is 33.6 Å². The number of piperazine rings is 1. The molecule has 0 saturated carbocycles. The molecular formula is C19H20ClN5O3. The number of aryl methyl sites for hydroxylation is 2. The summed E-state index contributed by atoms with van der Waals surface area (Å²) in [6.45, 7) is 6.44. The van der Waals surface area contributed by atoms with Gasteiger partial charge in [0.2, 0.25) is 0 Å². The first-order valence-electron chi connectivity index (χ1n) is 9.05. The lowest BCUT2D eigenvalue weighted by Crippen LogP contribution is -2.50. The van der Waals surface area contributed by atoms with Crippen molar-refractivity contribution >= 4 is 28.4 Å². The van der Waals surface area contributed by atoms with E-state index >= 15 is 0 Å². The monoisotopic (exact) mass is 401 g/mol. The van der Waals surface area contributed by atoms with Gasteiger partial charge in [0.15, 0.2) is 5.52 Å². The van der Waals surface area contributed by atoms with Crippen LogP contribution in [-0.2, 0) is 6.67 Å². The van der Waals surface area contributed by atoms with Crippen molar-refractivity contribution < 1.29 is 9.32 Å². The summed E-state index contributed by atoms with van der Waals surface area (Å²) in [6.07, 6.45) is 0. The first kappa shape index (κ1) is 18.6. The Labute approximate surface area is 166 Å². The fraction of sp³-hybridized carbons (Fsp3) is 0.368. The van der Waals surface area contributed by atoms with Crippen LogP contribution in [0, 0.1) is 13.8 Å². The Morgan fingerprint density at radius 2 is 1.82 bits per heavy atom. The van der Waals surface area contributed by atoms with Gasteiger partial charge in [0.1, 0.15) is 5.76 Å². The molecule has 28 heavy (non-hydrogen) atoms. The SMILES string of the molecule is Cc1nn(CN2CCN(C(=O)c3ccc(Cl)cc3)CC2)c(=O)c2noc(C)c12. The number of amides is 1. The van der Waals surface area contributed by atoms with Crippen LogP contribution in [0.4, 0.5) is 0 Å². The van der Waals surface area contributed by atoms with Crippen molar-refractivity contribution in [1.82, 2.24) is 24.7 Å². The summed E-state index contributed by atoms with van der Waals surface area (Å²) in [4.78, 5) is 29.1. The molecule has 3 aromatic rings. The molecule has 1 aliphatic heterocycles. The lowest BCUT2D eigenvalue weighted by atomic mass is 10.2. The van der Waals surface area contributed by atoms with Gasteiger partial charge in [-0.05, 0) is 38.1 Å². The van der Waals surface area contributed by atoms with Gasteiger partial charge < -0.3 is 9.42 Å². The molecule has 0 aliphatic carbocycles. The number of halogens is 1. The molecule has 4 rings (SSSR count). The predicted octanol–water partition coefficient (Wildman–Crippen LogP) is 2.07. The standard InChI is InChI=1S/C19H20ClN5O3/c1-12-16-13(2)28-22-17(16)19(27)25(21-12)11-23-7-9-24(10-8-23)18(26)14-3-5-15(20)6-4-14/h3-6H,7-11H2,1-2H3. The Morgan fingerprint density at radius 3 is 2.50 bits per heavy atom. The molecule has 3 heterocycles. The minimum Gasteiger partial charge on any atom is -0.360 e. The van der Waals surface area contributed by atoms with Crippen LogP contribution in [0.5, 0.6) is 0 Å². The van der Waals surface area contributed by atoms with E-state index in [-0.39, 0.29) is 11.5 Å². The van der Waals surface area contributed by atoms with Crippen LogP contribution in [0.2, 0.25) is 5.02 Å². The minimum atomic E-state index is -0.267. The molecule has 1 aliphatic rings. The first-order chi connectivity index (χ1) is 13.4. The van der Waals surface area contributed by atoms with Gasteiger partial charge in [-0.25, -0.2) is 4.68 Å². The van der Waals surface area contributed by atoms with Crippen LogP contribution >= 0.6 is 11.6 Å². The largest absolute Gasteiger partial charge is 0.360 e. The molecule has 1 aromatic carbocycles. The molecule has 1 saturated heterocycles. The highest BCUT2D eigenvalue weighted by molar-refractivity contribution is 6.30. The van der Waals surface area contributed by atoms with Gasteiger partial charge in [0, 0.05) is 36.8 Å². The van der Waals surface area contributed by atoms with Crippen molar-refractivity contribution in [1.29, 1.82) is 0 Å². The highest BCUT2D eigenvalue weighted by Crippen LogP contribution is 2.17. The van der Waals surface area contributed by atoms with E-state index in [2.05, 4.69) is 15.2 Å².